The number of hydrogen-bond acceptors (Lipinski definition) is 3. The van der Waals surface area contributed by atoms with E-state index in [4.69, 9.17) is 4.74 Å². The lowest BCUT2D eigenvalue weighted by Crippen LogP contribution is -2.23. The standard InChI is InChI=1S/C10H15BrN2O/c1-7-6-12-9(10(2,3)14-4)13-8(7)5-11/h6H,5H2,1-4H3. The second kappa shape index (κ2) is 4.36. The zero-order chi connectivity index (χ0) is 10.8. The summed E-state index contributed by atoms with van der Waals surface area (Å²) in [6.45, 7) is 5.91. The van der Waals surface area contributed by atoms with Crippen LogP contribution in [0.4, 0.5) is 0 Å². The van der Waals surface area contributed by atoms with E-state index in [1.165, 1.54) is 0 Å². The molecule has 1 heterocycles. The Labute approximate surface area is 93.0 Å². The molecule has 0 unspecified atom stereocenters. The molecular formula is C10H15BrN2O. The van der Waals surface area contributed by atoms with Gasteiger partial charge in [0.2, 0.25) is 0 Å². The van der Waals surface area contributed by atoms with Gasteiger partial charge in [-0.2, -0.15) is 0 Å². The molecule has 0 aliphatic rings. The third-order valence-electron chi connectivity index (χ3n) is 2.25. The van der Waals surface area contributed by atoms with Crippen molar-refractivity contribution in [3.8, 4) is 0 Å². The predicted octanol–water partition coefficient (Wildman–Crippen LogP) is 2.56. The summed E-state index contributed by atoms with van der Waals surface area (Å²) in [5.74, 6) is 0.722. The SMILES string of the molecule is COC(C)(C)c1ncc(C)c(CBr)n1. The lowest BCUT2D eigenvalue weighted by Gasteiger charge is -2.21. The largest absolute Gasteiger partial charge is 0.371 e. The minimum absolute atomic E-state index is 0.426. The third kappa shape index (κ3) is 2.30. The first-order chi connectivity index (χ1) is 6.51. The van der Waals surface area contributed by atoms with E-state index in [0.29, 0.717) is 0 Å². The van der Waals surface area contributed by atoms with Gasteiger partial charge in [0.05, 0.1) is 5.69 Å². The fourth-order valence-electron chi connectivity index (χ4n) is 0.994. The van der Waals surface area contributed by atoms with Crippen LogP contribution in [0.25, 0.3) is 0 Å². The molecule has 3 nitrogen and oxygen atoms in total. The highest BCUT2D eigenvalue weighted by molar-refractivity contribution is 9.08. The third-order valence-corrected chi connectivity index (χ3v) is 2.78. The Balaban J connectivity index is 3.12. The van der Waals surface area contributed by atoms with Crippen molar-refractivity contribution >= 4 is 15.9 Å². The number of halogens is 1. The summed E-state index contributed by atoms with van der Waals surface area (Å²) in [4.78, 5) is 8.72. The highest BCUT2D eigenvalue weighted by Crippen LogP contribution is 2.21. The van der Waals surface area contributed by atoms with Crippen LogP contribution in [-0.4, -0.2) is 17.1 Å². The van der Waals surface area contributed by atoms with E-state index in [1.807, 2.05) is 27.0 Å². The Hall–Kier alpha value is -0.480. The van der Waals surface area contributed by atoms with Crippen LogP contribution < -0.4 is 0 Å². The zero-order valence-electron chi connectivity index (χ0n) is 8.97. The summed E-state index contributed by atoms with van der Waals surface area (Å²) in [5, 5.41) is 0.744. The molecule has 0 bridgehead atoms. The molecule has 1 aromatic rings. The van der Waals surface area contributed by atoms with Gasteiger partial charge in [-0.05, 0) is 26.3 Å². The molecule has 0 spiro atoms. The molecule has 0 atom stereocenters. The van der Waals surface area contributed by atoms with E-state index in [9.17, 15) is 0 Å². The van der Waals surface area contributed by atoms with Crippen LogP contribution in [0.1, 0.15) is 30.9 Å². The number of alkyl halides is 1. The lowest BCUT2D eigenvalue weighted by molar-refractivity contribution is 0.0113. The first-order valence-corrected chi connectivity index (χ1v) is 5.57. The number of methoxy groups -OCH3 is 1. The topological polar surface area (TPSA) is 35.0 Å². The predicted molar refractivity (Wildman–Crippen MR) is 59.4 cm³/mol. The van der Waals surface area contributed by atoms with Gasteiger partial charge in [0, 0.05) is 18.6 Å². The number of aromatic nitrogens is 2. The number of ether oxygens (including phenoxy) is 1. The maximum atomic E-state index is 5.32. The highest BCUT2D eigenvalue weighted by atomic mass is 79.9. The van der Waals surface area contributed by atoms with Crippen molar-refractivity contribution in [3.63, 3.8) is 0 Å². The van der Waals surface area contributed by atoms with Crippen molar-refractivity contribution in [1.82, 2.24) is 9.97 Å². The van der Waals surface area contributed by atoms with E-state index in [2.05, 4.69) is 25.9 Å². The van der Waals surface area contributed by atoms with Crippen LogP contribution in [-0.2, 0) is 15.7 Å². The van der Waals surface area contributed by atoms with Crippen molar-refractivity contribution in [2.24, 2.45) is 0 Å². The average molecular weight is 259 g/mol. The molecule has 0 aliphatic carbocycles. The first-order valence-electron chi connectivity index (χ1n) is 4.45. The van der Waals surface area contributed by atoms with E-state index in [0.717, 1.165) is 22.4 Å². The maximum absolute atomic E-state index is 5.32. The van der Waals surface area contributed by atoms with Crippen LogP contribution in [0.2, 0.25) is 0 Å². The lowest BCUT2D eigenvalue weighted by atomic mass is 10.1. The fraction of sp³-hybridized carbons (Fsp3) is 0.600. The zero-order valence-corrected chi connectivity index (χ0v) is 10.6. The van der Waals surface area contributed by atoms with Crippen molar-refractivity contribution in [3.05, 3.63) is 23.3 Å². The molecule has 4 heteroatoms. The van der Waals surface area contributed by atoms with Crippen molar-refractivity contribution in [2.75, 3.05) is 7.11 Å². The highest BCUT2D eigenvalue weighted by Gasteiger charge is 2.23. The summed E-state index contributed by atoms with van der Waals surface area (Å²) in [5.41, 5.74) is 1.68. The smallest absolute Gasteiger partial charge is 0.159 e. The molecule has 0 saturated heterocycles. The van der Waals surface area contributed by atoms with Gasteiger partial charge >= 0.3 is 0 Å². The molecule has 0 radical (unpaired) electrons. The van der Waals surface area contributed by atoms with Gasteiger partial charge in [-0.25, -0.2) is 9.97 Å². The van der Waals surface area contributed by atoms with Gasteiger partial charge in [0.15, 0.2) is 5.82 Å². The van der Waals surface area contributed by atoms with Crippen LogP contribution in [0.3, 0.4) is 0 Å². The van der Waals surface area contributed by atoms with Crippen LogP contribution in [0.5, 0.6) is 0 Å². The number of aryl methyl sites for hydroxylation is 1. The summed E-state index contributed by atoms with van der Waals surface area (Å²) in [7, 11) is 1.66. The number of hydrogen-bond donors (Lipinski definition) is 0. The monoisotopic (exact) mass is 258 g/mol. The van der Waals surface area contributed by atoms with E-state index < -0.39 is 5.60 Å². The molecule has 0 amide bonds. The van der Waals surface area contributed by atoms with Crippen LogP contribution in [0.15, 0.2) is 6.20 Å². The molecule has 0 aliphatic heterocycles. The second-order valence-corrected chi connectivity index (χ2v) is 4.23. The van der Waals surface area contributed by atoms with Gasteiger partial charge in [0.25, 0.3) is 0 Å². The summed E-state index contributed by atoms with van der Waals surface area (Å²) in [6, 6.07) is 0. The molecule has 14 heavy (non-hydrogen) atoms. The molecule has 0 N–H and O–H groups in total. The van der Waals surface area contributed by atoms with Crippen molar-refractivity contribution < 1.29 is 4.74 Å². The normalized spacial score (nSPS) is 11.8. The molecule has 78 valence electrons. The van der Waals surface area contributed by atoms with Crippen LogP contribution in [0, 0.1) is 6.92 Å². The Bertz CT molecular complexity index is 326. The molecule has 0 aromatic carbocycles. The van der Waals surface area contributed by atoms with Gasteiger partial charge in [-0.1, -0.05) is 15.9 Å². The molecule has 0 fully saturated rings. The van der Waals surface area contributed by atoms with Gasteiger partial charge in [-0.3, -0.25) is 0 Å². The molecule has 1 aromatic heterocycles. The molecular weight excluding hydrogens is 244 g/mol. The minimum Gasteiger partial charge on any atom is -0.371 e. The van der Waals surface area contributed by atoms with Gasteiger partial charge < -0.3 is 4.74 Å². The number of nitrogens with zero attached hydrogens (tertiary/aromatic N) is 2. The van der Waals surface area contributed by atoms with Crippen molar-refractivity contribution in [2.45, 2.75) is 31.7 Å². The first kappa shape index (κ1) is 11.6. The number of rotatable bonds is 3. The van der Waals surface area contributed by atoms with E-state index in [-0.39, 0.29) is 0 Å². The minimum atomic E-state index is -0.426. The van der Waals surface area contributed by atoms with Gasteiger partial charge in [-0.15, -0.1) is 0 Å². The van der Waals surface area contributed by atoms with Crippen molar-refractivity contribution in [1.29, 1.82) is 0 Å². The Morgan fingerprint density at radius 1 is 1.50 bits per heavy atom. The Morgan fingerprint density at radius 2 is 2.14 bits per heavy atom. The summed E-state index contributed by atoms with van der Waals surface area (Å²) >= 11 is 3.40. The Kier molecular flexibility index (Phi) is 3.61. The van der Waals surface area contributed by atoms with E-state index >= 15 is 0 Å². The Morgan fingerprint density at radius 3 is 2.64 bits per heavy atom. The molecule has 1 rings (SSSR count). The van der Waals surface area contributed by atoms with Gasteiger partial charge in [0.1, 0.15) is 5.60 Å². The second-order valence-electron chi connectivity index (χ2n) is 3.67. The molecule has 0 saturated carbocycles. The quantitative estimate of drug-likeness (QED) is 0.782. The fourth-order valence-corrected chi connectivity index (χ4v) is 1.56. The summed E-state index contributed by atoms with van der Waals surface area (Å²) < 4.78 is 5.32. The van der Waals surface area contributed by atoms with E-state index in [1.54, 1.807) is 7.11 Å². The maximum Gasteiger partial charge on any atom is 0.159 e. The van der Waals surface area contributed by atoms with Crippen LogP contribution >= 0.6 is 15.9 Å². The average Bonchev–Trinajstić information content (AvgIpc) is 2.18. The summed E-state index contributed by atoms with van der Waals surface area (Å²) in [6.07, 6.45) is 1.83.